The van der Waals surface area contributed by atoms with Crippen molar-refractivity contribution in [1.82, 2.24) is 0 Å². The SMILES string of the molecule is COc1cc(C)c(/C=C/C(C)=C/C=C/C(C)=C/C(=O)OCC(=O)OC(C)(C)C)c(C)c1C. The Morgan fingerprint density at radius 2 is 1.66 bits per heavy atom. The van der Waals surface area contributed by atoms with Crippen LogP contribution in [0.1, 0.15) is 56.9 Å². The van der Waals surface area contributed by atoms with Crippen molar-refractivity contribution in [3.05, 3.63) is 69.8 Å². The normalized spacial score (nSPS) is 13.0. The molecule has 0 radical (unpaired) electrons. The third-order valence-electron chi connectivity index (χ3n) is 4.66. The maximum absolute atomic E-state index is 11.8. The minimum absolute atomic E-state index is 0.406. The predicted octanol–water partition coefficient (Wildman–Crippen LogP) is 5.97. The van der Waals surface area contributed by atoms with Crippen LogP contribution in [-0.2, 0) is 19.1 Å². The van der Waals surface area contributed by atoms with Crippen LogP contribution in [0.2, 0.25) is 0 Å². The fraction of sp³-hybridized carbons (Fsp3) is 0.407. The number of ether oxygens (including phenoxy) is 3. The number of aryl methyl sites for hydroxylation is 1. The summed E-state index contributed by atoms with van der Waals surface area (Å²) in [5.74, 6) is -0.256. The standard InChI is InChI=1S/C27H36O5/c1-18(13-14-23-20(3)16-24(30-9)22(5)21(23)4)11-10-12-19(2)15-25(28)31-17-26(29)32-27(6,7)8/h10-16H,17H2,1-9H3/b12-10+,14-13+,18-11+,19-15+. The van der Waals surface area contributed by atoms with E-state index in [0.29, 0.717) is 5.57 Å². The maximum atomic E-state index is 11.8. The molecule has 0 N–H and O–H groups in total. The van der Waals surface area contributed by atoms with Crippen molar-refractivity contribution in [1.29, 1.82) is 0 Å². The lowest BCUT2D eigenvalue weighted by Crippen LogP contribution is -2.27. The van der Waals surface area contributed by atoms with Gasteiger partial charge in [0.1, 0.15) is 11.4 Å². The summed E-state index contributed by atoms with van der Waals surface area (Å²) in [6, 6.07) is 2.05. The molecule has 0 bridgehead atoms. The van der Waals surface area contributed by atoms with Gasteiger partial charge in [-0.2, -0.15) is 0 Å². The van der Waals surface area contributed by atoms with Gasteiger partial charge < -0.3 is 14.2 Å². The second-order valence-electron chi connectivity index (χ2n) is 8.75. The number of carbonyl (C=O) groups excluding carboxylic acids is 2. The molecule has 0 aromatic heterocycles. The number of esters is 2. The van der Waals surface area contributed by atoms with Gasteiger partial charge in [-0.3, -0.25) is 0 Å². The van der Waals surface area contributed by atoms with Gasteiger partial charge in [-0.1, -0.05) is 36.0 Å². The summed E-state index contributed by atoms with van der Waals surface area (Å²) >= 11 is 0. The van der Waals surface area contributed by atoms with Crippen LogP contribution in [0.3, 0.4) is 0 Å². The lowest BCUT2D eigenvalue weighted by Gasteiger charge is -2.19. The van der Waals surface area contributed by atoms with Crippen molar-refractivity contribution in [3.8, 4) is 5.75 Å². The number of benzene rings is 1. The zero-order valence-corrected chi connectivity index (χ0v) is 20.8. The minimum atomic E-state index is -0.611. The number of hydrogen-bond acceptors (Lipinski definition) is 5. The first-order valence-electron chi connectivity index (χ1n) is 10.6. The molecule has 0 aliphatic heterocycles. The molecule has 5 heteroatoms. The molecule has 0 atom stereocenters. The monoisotopic (exact) mass is 440 g/mol. The van der Waals surface area contributed by atoms with Crippen LogP contribution in [0.5, 0.6) is 5.75 Å². The second-order valence-corrected chi connectivity index (χ2v) is 8.75. The first-order valence-corrected chi connectivity index (χ1v) is 10.6. The van der Waals surface area contributed by atoms with Crippen molar-refractivity contribution in [2.75, 3.05) is 13.7 Å². The van der Waals surface area contributed by atoms with Gasteiger partial charge in [0.15, 0.2) is 6.61 Å². The molecule has 0 aliphatic carbocycles. The molecule has 0 unspecified atom stereocenters. The molecule has 0 saturated carbocycles. The van der Waals surface area contributed by atoms with Gasteiger partial charge in [-0.05, 0) is 89.3 Å². The van der Waals surface area contributed by atoms with Crippen LogP contribution in [0.15, 0.2) is 47.6 Å². The quantitative estimate of drug-likeness (QED) is 0.283. The summed E-state index contributed by atoms with van der Waals surface area (Å²) in [6.45, 7) is 14.9. The lowest BCUT2D eigenvalue weighted by molar-refractivity contribution is -0.164. The van der Waals surface area contributed by atoms with Gasteiger partial charge in [0.25, 0.3) is 0 Å². The van der Waals surface area contributed by atoms with Crippen molar-refractivity contribution in [3.63, 3.8) is 0 Å². The van der Waals surface area contributed by atoms with E-state index < -0.39 is 24.1 Å². The van der Waals surface area contributed by atoms with E-state index in [1.807, 2.05) is 19.1 Å². The molecule has 0 fully saturated rings. The average molecular weight is 441 g/mol. The number of methoxy groups -OCH3 is 1. The Bertz CT molecular complexity index is 953. The molecule has 32 heavy (non-hydrogen) atoms. The predicted molar refractivity (Wildman–Crippen MR) is 130 cm³/mol. The summed E-state index contributed by atoms with van der Waals surface area (Å²) in [5.41, 5.74) is 5.85. The molecule has 0 saturated heterocycles. The molecule has 1 aromatic rings. The van der Waals surface area contributed by atoms with Crippen LogP contribution < -0.4 is 4.74 Å². The van der Waals surface area contributed by atoms with Crippen LogP contribution in [-0.4, -0.2) is 31.3 Å². The van der Waals surface area contributed by atoms with Gasteiger partial charge in [0.2, 0.25) is 0 Å². The highest BCUT2D eigenvalue weighted by molar-refractivity contribution is 5.85. The zero-order valence-electron chi connectivity index (χ0n) is 20.8. The van der Waals surface area contributed by atoms with E-state index in [0.717, 1.165) is 22.4 Å². The lowest BCUT2D eigenvalue weighted by atomic mass is 9.96. The van der Waals surface area contributed by atoms with Crippen LogP contribution >= 0.6 is 0 Å². The molecule has 0 aliphatic rings. The topological polar surface area (TPSA) is 61.8 Å². The molecular weight excluding hydrogens is 404 g/mol. The van der Waals surface area contributed by atoms with Gasteiger partial charge in [-0.25, -0.2) is 9.59 Å². The number of carbonyl (C=O) groups is 2. The third kappa shape index (κ3) is 9.38. The summed E-state index contributed by atoms with van der Waals surface area (Å²) < 4.78 is 15.5. The number of rotatable bonds is 8. The third-order valence-corrected chi connectivity index (χ3v) is 4.66. The van der Waals surface area contributed by atoms with Crippen molar-refractivity contribution >= 4 is 18.0 Å². The minimum Gasteiger partial charge on any atom is -0.496 e. The van der Waals surface area contributed by atoms with Gasteiger partial charge in [0.05, 0.1) is 7.11 Å². The van der Waals surface area contributed by atoms with Gasteiger partial charge >= 0.3 is 11.9 Å². The van der Waals surface area contributed by atoms with Crippen molar-refractivity contribution < 1.29 is 23.8 Å². The molecule has 5 nitrogen and oxygen atoms in total. The van der Waals surface area contributed by atoms with E-state index in [1.54, 1.807) is 40.9 Å². The Balaban J connectivity index is 2.72. The first kappa shape index (κ1) is 27.0. The largest absolute Gasteiger partial charge is 0.496 e. The average Bonchev–Trinajstić information content (AvgIpc) is 2.67. The second kappa shape index (κ2) is 12.1. The fourth-order valence-electron chi connectivity index (χ4n) is 2.93. The van der Waals surface area contributed by atoms with E-state index in [-0.39, 0.29) is 0 Å². The molecule has 174 valence electrons. The molecule has 0 spiro atoms. The highest BCUT2D eigenvalue weighted by Gasteiger charge is 2.17. The molecule has 1 rings (SSSR count). The highest BCUT2D eigenvalue weighted by Crippen LogP contribution is 2.28. The first-order chi connectivity index (χ1) is 14.8. The van der Waals surface area contributed by atoms with E-state index in [2.05, 4.69) is 39.0 Å². The highest BCUT2D eigenvalue weighted by atomic mass is 16.6. The Morgan fingerprint density at radius 1 is 1.00 bits per heavy atom. The van der Waals surface area contributed by atoms with E-state index >= 15 is 0 Å². The van der Waals surface area contributed by atoms with E-state index in [4.69, 9.17) is 14.2 Å². The summed E-state index contributed by atoms with van der Waals surface area (Å²) in [6.07, 6.45) is 11.1. The summed E-state index contributed by atoms with van der Waals surface area (Å²) in [4.78, 5) is 23.4. The summed E-state index contributed by atoms with van der Waals surface area (Å²) in [7, 11) is 1.69. The van der Waals surface area contributed by atoms with E-state index in [9.17, 15) is 9.59 Å². The summed E-state index contributed by atoms with van der Waals surface area (Å²) in [5, 5.41) is 0. The Kier molecular flexibility index (Phi) is 10.2. The van der Waals surface area contributed by atoms with Crippen LogP contribution in [0.4, 0.5) is 0 Å². The van der Waals surface area contributed by atoms with Crippen LogP contribution in [0, 0.1) is 20.8 Å². The Hall–Kier alpha value is -3.08. The Morgan fingerprint density at radius 3 is 2.25 bits per heavy atom. The smallest absolute Gasteiger partial charge is 0.344 e. The molecule has 0 heterocycles. The maximum Gasteiger partial charge on any atom is 0.344 e. The molecular formula is C27H36O5. The number of allylic oxidation sites excluding steroid dienone is 6. The number of hydrogen-bond donors (Lipinski definition) is 0. The van der Waals surface area contributed by atoms with Crippen molar-refractivity contribution in [2.45, 2.75) is 61.0 Å². The van der Waals surface area contributed by atoms with Crippen LogP contribution in [0.25, 0.3) is 6.08 Å². The van der Waals surface area contributed by atoms with Crippen molar-refractivity contribution in [2.24, 2.45) is 0 Å². The zero-order chi connectivity index (χ0) is 24.5. The Labute approximate surface area is 192 Å². The molecule has 1 aromatic carbocycles. The fourth-order valence-corrected chi connectivity index (χ4v) is 2.93. The van der Waals surface area contributed by atoms with E-state index in [1.165, 1.54) is 17.2 Å². The van der Waals surface area contributed by atoms with Gasteiger partial charge in [0, 0.05) is 6.08 Å². The van der Waals surface area contributed by atoms with Gasteiger partial charge in [-0.15, -0.1) is 0 Å². The molecule has 0 amide bonds.